The van der Waals surface area contributed by atoms with Crippen molar-refractivity contribution in [1.29, 1.82) is 0 Å². The highest BCUT2D eigenvalue weighted by Gasteiger charge is 2.28. The van der Waals surface area contributed by atoms with Crippen molar-refractivity contribution in [2.75, 3.05) is 7.11 Å². The minimum absolute atomic E-state index is 0.349. The van der Waals surface area contributed by atoms with Crippen LogP contribution in [0.2, 0.25) is 0 Å². The molecule has 16 heavy (non-hydrogen) atoms. The average molecular weight is 217 g/mol. The number of rotatable bonds is 2. The van der Waals surface area contributed by atoms with Crippen molar-refractivity contribution in [3.8, 4) is 0 Å². The van der Waals surface area contributed by atoms with Crippen LogP contribution in [0.1, 0.15) is 34.9 Å². The van der Waals surface area contributed by atoms with Crippen LogP contribution in [0.25, 0.3) is 5.65 Å². The molecule has 0 unspecified atom stereocenters. The minimum Gasteiger partial charge on any atom is -0.465 e. The molecule has 1 aliphatic carbocycles. The molecule has 3 rings (SSSR count). The molecule has 82 valence electrons. The Kier molecular flexibility index (Phi) is 1.92. The lowest BCUT2D eigenvalue weighted by molar-refractivity contribution is 0.0600. The number of carbonyl (C=O) groups excluding carboxylic acids is 1. The van der Waals surface area contributed by atoms with Crippen LogP contribution in [0.15, 0.2) is 18.3 Å². The van der Waals surface area contributed by atoms with Gasteiger partial charge in [0.15, 0.2) is 5.65 Å². The first-order chi connectivity index (χ1) is 7.79. The molecule has 0 N–H and O–H groups in total. The lowest BCUT2D eigenvalue weighted by atomic mass is 10.2. The van der Waals surface area contributed by atoms with Crippen molar-refractivity contribution < 1.29 is 9.53 Å². The Labute approximate surface area is 92.1 Å². The van der Waals surface area contributed by atoms with E-state index in [1.807, 2.05) is 10.6 Å². The van der Waals surface area contributed by atoms with Crippen molar-refractivity contribution in [2.45, 2.75) is 18.8 Å². The summed E-state index contributed by atoms with van der Waals surface area (Å²) in [6.45, 7) is 0. The number of pyridine rings is 1. The minimum atomic E-state index is -0.349. The Balaban J connectivity index is 2.09. The molecule has 2 aromatic rings. The van der Waals surface area contributed by atoms with E-state index >= 15 is 0 Å². The fourth-order valence-corrected chi connectivity index (χ4v) is 1.77. The quantitative estimate of drug-likeness (QED) is 0.713. The first-order valence-electron chi connectivity index (χ1n) is 5.22. The second kappa shape index (κ2) is 3.30. The highest BCUT2D eigenvalue weighted by molar-refractivity contribution is 5.90. The summed E-state index contributed by atoms with van der Waals surface area (Å²) in [6.07, 6.45) is 4.19. The zero-order valence-corrected chi connectivity index (χ0v) is 8.88. The molecule has 1 aliphatic rings. The number of ether oxygens (including phenoxy) is 1. The summed E-state index contributed by atoms with van der Waals surface area (Å²) in [6, 6.07) is 3.43. The summed E-state index contributed by atoms with van der Waals surface area (Å²) in [5, 5.41) is 8.21. The number of nitrogens with zero attached hydrogens (tertiary/aromatic N) is 3. The third-order valence-electron chi connectivity index (χ3n) is 2.80. The number of hydrogen-bond donors (Lipinski definition) is 0. The van der Waals surface area contributed by atoms with E-state index in [9.17, 15) is 4.79 Å². The summed E-state index contributed by atoms with van der Waals surface area (Å²) in [5.74, 6) is 1.18. The first kappa shape index (κ1) is 9.33. The van der Waals surface area contributed by atoms with E-state index in [1.54, 1.807) is 12.1 Å². The van der Waals surface area contributed by atoms with E-state index in [0.29, 0.717) is 17.1 Å². The molecular formula is C11H11N3O2. The van der Waals surface area contributed by atoms with E-state index in [0.717, 1.165) is 5.82 Å². The van der Waals surface area contributed by atoms with Crippen LogP contribution in [0, 0.1) is 0 Å². The normalized spacial score (nSPS) is 15.3. The molecule has 2 heterocycles. The molecule has 5 heteroatoms. The van der Waals surface area contributed by atoms with E-state index in [2.05, 4.69) is 14.9 Å². The SMILES string of the molecule is COC(=O)c1ccn2c(C3CC3)nnc2c1. The van der Waals surface area contributed by atoms with Gasteiger partial charge in [-0.05, 0) is 25.0 Å². The third-order valence-corrected chi connectivity index (χ3v) is 2.80. The largest absolute Gasteiger partial charge is 0.465 e. The maximum atomic E-state index is 11.3. The van der Waals surface area contributed by atoms with Gasteiger partial charge in [-0.3, -0.25) is 4.40 Å². The number of carbonyl (C=O) groups is 1. The van der Waals surface area contributed by atoms with Gasteiger partial charge in [0.2, 0.25) is 0 Å². The number of methoxy groups -OCH3 is 1. The van der Waals surface area contributed by atoms with E-state index in [-0.39, 0.29) is 5.97 Å². The standard InChI is InChI=1S/C11H11N3O2/c1-16-11(15)8-4-5-14-9(6-8)12-13-10(14)7-2-3-7/h4-7H,2-3H2,1H3. The predicted octanol–water partition coefficient (Wildman–Crippen LogP) is 1.39. The highest BCUT2D eigenvalue weighted by Crippen LogP contribution is 2.38. The van der Waals surface area contributed by atoms with Crippen LogP contribution in [-0.4, -0.2) is 27.7 Å². The van der Waals surface area contributed by atoms with Crippen LogP contribution in [0.5, 0.6) is 0 Å². The molecule has 0 amide bonds. The maximum Gasteiger partial charge on any atom is 0.338 e. The monoisotopic (exact) mass is 217 g/mol. The Morgan fingerprint density at radius 3 is 3.00 bits per heavy atom. The van der Waals surface area contributed by atoms with Crippen LogP contribution in [0.4, 0.5) is 0 Å². The Morgan fingerprint density at radius 2 is 2.31 bits per heavy atom. The van der Waals surface area contributed by atoms with E-state index in [4.69, 9.17) is 0 Å². The van der Waals surface area contributed by atoms with Gasteiger partial charge in [-0.2, -0.15) is 0 Å². The lowest BCUT2D eigenvalue weighted by Gasteiger charge is -2.00. The van der Waals surface area contributed by atoms with Crippen LogP contribution >= 0.6 is 0 Å². The molecule has 0 spiro atoms. The summed E-state index contributed by atoms with van der Waals surface area (Å²) in [5.41, 5.74) is 1.20. The zero-order chi connectivity index (χ0) is 11.1. The van der Waals surface area contributed by atoms with Crippen molar-refractivity contribution in [1.82, 2.24) is 14.6 Å². The molecule has 0 atom stereocenters. The topological polar surface area (TPSA) is 56.5 Å². The van der Waals surface area contributed by atoms with Gasteiger partial charge in [-0.1, -0.05) is 0 Å². The average Bonchev–Trinajstić information content (AvgIpc) is 3.08. The second-order valence-electron chi connectivity index (χ2n) is 3.97. The summed E-state index contributed by atoms with van der Waals surface area (Å²) in [4.78, 5) is 11.3. The number of hydrogen-bond acceptors (Lipinski definition) is 4. The van der Waals surface area contributed by atoms with E-state index < -0.39 is 0 Å². The third kappa shape index (κ3) is 1.36. The molecule has 5 nitrogen and oxygen atoms in total. The molecule has 0 aromatic carbocycles. The van der Waals surface area contributed by atoms with Gasteiger partial charge in [0.1, 0.15) is 5.82 Å². The van der Waals surface area contributed by atoms with Crippen molar-refractivity contribution in [3.63, 3.8) is 0 Å². The second-order valence-corrected chi connectivity index (χ2v) is 3.97. The number of aromatic nitrogens is 3. The molecule has 0 saturated heterocycles. The molecule has 0 aliphatic heterocycles. The smallest absolute Gasteiger partial charge is 0.338 e. The molecule has 2 aromatic heterocycles. The van der Waals surface area contributed by atoms with Gasteiger partial charge in [-0.15, -0.1) is 10.2 Å². The molecule has 1 saturated carbocycles. The van der Waals surface area contributed by atoms with Crippen LogP contribution in [0.3, 0.4) is 0 Å². The van der Waals surface area contributed by atoms with Gasteiger partial charge in [0.05, 0.1) is 12.7 Å². The van der Waals surface area contributed by atoms with Gasteiger partial charge in [0, 0.05) is 12.1 Å². The van der Waals surface area contributed by atoms with Gasteiger partial charge in [-0.25, -0.2) is 4.79 Å². The van der Waals surface area contributed by atoms with Gasteiger partial charge < -0.3 is 4.74 Å². The number of fused-ring (bicyclic) bond motifs is 1. The molecule has 1 fully saturated rings. The Bertz CT molecular complexity index is 557. The van der Waals surface area contributed by atoms with Crippen LogP contribution in [-0.2, 0) is 4.74 Å². The van der Waals surface area contributed by atoms with Gasteiger partial charge >= 0.3 is 5.97 Å². The fourth-order valence-electron chi connectivity index (χ4n) is 1.77. The van der Waals surface area contributed by atoms with Crippen molar-refractivity contribution in [3.05, 3.63) is 29.7 Å². The highest BCUT2D eigenvalue weighted by atomic mass is 16.5. The van der Waals surface area contributed by atoms with Crippen molar-refractivity contribution in [2.24, 2.45) is 0 Å². The Hall–Kier alpha value is -1.91. The predicted molar refractivity (Wildman–Crippen MR) is 56.3 cm³/mol. The lowest BCUT2D eigenvalue weighted by Crippen LogP contribution is -2.02. The first-order valence-corrected chi connectivity index (χ1v) is 5.22. The van der Waals surface area contributed by atoms with Crippen LogP contribution < -0.4 is 0 Å². The van der Waals surface area contributed by atoms with Gasteiger partial charge in [0.25, 0.3) is 0 Å². The Morgan fingerprint density at radius 1 is 1.50 bits per heavy atom. The summed E-state index contributed by atoms with van der Waals surface area (Å²) >= 11 is 0. The van der Waals surface area contributed by atoms with Crippen molar-refractivity contribution >= 4 is 11.6 Å². The molecule has 0 bridgehead atoms. The maximum absolute atomic E-state index is 11.3. The zero-order valence-electron chi connectivity index (χ0n) is 8.88. The molecule has 0 radical (unpaired) electrons. The summed E-state index contributed by atoms with van der Waals surface area (Å²) < 4.78 is 6.59. The fraction of sp³-hybridized carbons (Fsp3) is 0.364. The van der Waals surface area contributed by atoms with E-state index in [1.165, 1.54) is 20.0 Å². The molecular weight excluding hydrogens is 206 g/mol. The summed E-state index contributed by atoms with van der Waals surface area (Å²) in [7, 11) is 1.37. The number of esters is 1.